The number of aryl methyl sites for hydroxylation is 1. The number of aromatic hydroxyl groups is 1. The molecular weight excluding hydrogens is 248 g/mol. The van der Waals surface area contributed by atoms with E-state index in [1.54, 1.807) is 0 Å². The fraction of sp³-hybridized carbons (Fsp3) is 0.667. The maximum Gasteiger partial charge on any atom is 0.115 e. The van der Waals surface area contributed by atoms with Gasteiger partial charge in [0.2, 0.25) is 0 Å². The van der Waals surface area contributed by atoms with Crippen molar-refractivity contribution in [3.8, 4) is 5.75 Å². The first kappa shape index (κ1) is 12.7. The van der Waals surface area contributed by atoms with Gasteiger partial charge in [0.1, 0.15) is 5.75 Å². The van der Waals surface area contributed by atoms with Crippen LogP contribution in [0.2, 0.25) is 0 Å². The molecule has 2 heteroatoms. The minimum Gasteiger partial charge on any atom is -0.508 e. The molecule has 1 aromatic rings. The number of rotatable bonds is 0. The van der Waals surface area contributed by atoms with Gasteiger partial charge in [-0.15, -0.1) is 0 Å². The molecule has 3 aliphatic rings. The molecule has 108 valence electrons. The quantitative estimate of drug-likeness (QED) is 0.757. The van der Waals surface area contributed by atoms with Crippen LogP contribution < -0.4 is 0 Å². The molecule has 2 N–H and O–H groups in total. The summed E-state index contributed by atoms with van der Waals surface area (Å²) in [5.74, 6) is 2.49. The monoisotopic (exact) mass is 272 g/mol. The molecule has 20 heavy (non-hydrogen) atoms. The highest BCUT2D eigenvalue weighted by molar-refractivity contribution is 5.40. The summed E-state index contributed by atoms with van der Waals surface area (Å²) in [6.45, 7) is 2.32. The fourth-order valence-electron chi connectivity index (χ4n) is 5.54. The van der Waals surface area contributed by atoms with Crippen LogP contribution in [0.25, 0.3) is 0 Å². The average Bonchev–Trinajstić information content (AvgIpc) is 2.74. The van der Waals surface area contributed by atoms with Gasteiger partial charge in [-0.25, -0.2) is 0 Å². The minimum absolute atomic E-state index is 0.0883. The van der Waals surface area contributed by atoms with Crippen LogP contribution in [0.15, 0.2) is 18.2 Å². The molecule has 0 aromatic heterocycles. The van der Waals surface area contributed by atoms with Gasteiger partial charge in [-0.3, -0.25) is 0 Å². The molecule has 3 aliphatic carbocycles. The topological polar surface area (TPSA) is 40.5 Å². The molecular formula is C18H24O2. The molecule has 1 aromatic carbocycles. The zero-order chi connectivity index (χ0) is 13.9. The number of hydrogen-bond donors (Lipinski definition) is 2. The van der Waals surface area contributed by atoms with Gasteiger partial charge in [0.25, 0.3) is 0 Å². The Balaban J connectivity index is 1.71. The van der Waals surface area contributed by atoms with Crippen LogP contribution in [0.5, 0.6) is 5.75 Å². The van der Waals surface area contributed by atoms with Crippen LogP contribution in [-0.2, 0) is 6.42 Å². The molecule has 2 unspecified atom stereocenters. The summed E-state index contributed by atoms with van der Waals surface area (Å²) in [5, 5.41) is 20.0. The predicted molar refractivity (Wildman–Crippen MR) is 78.7 cm³/mol. The SMILES string of the molecule is C[C@]12CCC3c4ccc(O)cc4CC[C@H]3C1CC[C@@H]2O. The molecule has 0 aliphatic heterocycles. The zero-order valence-electron chi connectivity index (χ0n) is 12.2. The Labute approximate surface area is 120 Å². The van der Waals surface area contributed by atoms with Crippen LogP contribution in [0.4, 0.5) is 0 Å². The third-order valence-corrected chi connectivity index (χ3v) is 6.66. The second kappa shape index (κ2) is 4.24. The van der Waals surface area contributed by atoms with E-state index >= 15 is 0 Å². The van der Waals surface area contributed by atoms with E-state index in [2.05, 4.69) is 13.0 Å². The van der Waals surface area contributed by atoms with Crippen LogP contribution >= 0.6 is 0 Å². The van der Waals surface area contributed by atoms with Crippen molar-refractivity contribution >= 4 is 0 Å². The Kier molecular flexibility index (Phi) is 2.69. The van der Waals surface area contributed by atoms with Crippen LogP contribution in [0.1, 0.15) is 56.1 Å². The van der Waals surface area contributed by atoms with Gasteiger partial charge in [0.15, 0.2) is 0 Å². The number of aliphatic hydroxyl groups excluding tert-OH is 1. The Hall–Kier alpha value is -1.02. The summed E-state index contributed by atoms with van der Waals surface area (Å²) in [5.41, 5.74) is 2.99. The lowest BCUT2D eigenvalue weighted by molar-refractivity contribution is -0.0226. The number of aliphatic hydroxyl groups is 1. The van der Waals surface area contributed by atoms with Crippen molar-refractivity contribution in [1.29, 1.82) is 0 Å². The second-order valence-electron chi connectivity index (χ2n) is 7.44. The molecule has 2 nitrogen and oxygen atoms in total. The summed E-state index contributed by atoms with van der Waals surface area (Å²) in [6.07, 6.45) is 6.78. The molecule has 4 rings (SSSR count). The van der Waals surface area contributed by atoms with E-state index in [0.717, 1.165) is 25.2 Å². The Morgan fingerprint density at radius 1 is 1.15 bits per heavy atom. The van der Waals surface area contributed by atoms with Crippen molar-refractivity contribution in [3.05, 3.63) is 29.3 Å². The number of benzene rings is 1. The highest BCUT2D eigenvalue weighted by atomic mass is 16.3. The van der Waals surface area contributed by atoms with Crippen molar-refractivity contribution < 1.29 is 10.2 Å². The third kappa shape index (κ3) is 1.60. The lowest BCUT2D eigenvalue weighted by Gasteiger charge is -2.50. The summed E-state index contributed by atoms with van der Waals surface area (Å²) >= 11 is 0. The van der Waals surface area contributed by atoms with Crippen molar-refractivity contribution in [3.63, 3.8) is 0 Å². The maximum absolute atomic E-state index is 10.4. The van der Waals surface area contributed by atoms with E-state index in [1.165, 1.54) is 30.4 Å². The van der Waals surface area contributed by atoms with E-state index in [9.17, 15) is 10.2 Å². The Morgan fingerprint density at radius 3 is 2.85 bits per heavy atom. The zero-order valence-corrected chi connectivity index (χ0v) is 12.2. The molecule has 5 atom stereocenters. The number of hydrogen-bond acceptors (Lipinski definition) is 2. The first-order valence-corrected chi connectivity index (χ1v) is 8.09. The normalized spacial score (nSPS) is 42.7. The van der Waals surface area contributed by atoms with Crippen molar-refractivity contribution in [1.82, 2.24) is 0 Å². The highest BCUT2D eigenvalue weighted by Crippen LogP contribution is 2.60. The van der Waals surface area contributed by atoms with Gasteiger partial charge in [0, 0.05) is 0 Å². The van der Waals surface area contributed by atoms with E-state index in [4.69, 9.17) is 0 Å². The van der Waals surface area contributed by atoms with Crippen molar-refractivity contribution in [2.75, 3.05) is 0 Å². The van der Waals surface area contributed by atoms with Crippen molar-refractivity contribution in [2.24, 2.45) is 17.3 Å². The second-order valence-corrected chi connectivity index (χ2v) is 7.44. The molecule has 0 bridgehead atoms. The van der Waals surface area contributed by atoms with Gasteiger partial charge >= 0.3 is 0 Å². The molecule has 0 amide bonds. The summed E-state index contributed by atoms with van der Waals surface area (Å²) in [7, 11) is 0. The third-order valence-electron chi connectivity index (χ3n) is 6.66. The Morgan fingerprint density at radius 2 is 2.00 bits per heavy atom. The highest BCUT2D eigenvalue weighted by Gasteiger charge is 2.54. The number of phenols is 1. The molecule has 0 saturated heterocycles. The van der Waals surface area contributed by atoms with Crippen LogP contribution in [-0.4, -0.2) is 16.3 Å². The van der Waals surface area contributed by atoms with Gasteiger partial charge in [-0.05, 0) is 85.0 Å². The minimum atomic E-state index is -0.0883. The first-order chi connectivity index (χ1) is 9.59. The standard InChI is InChI=1S/C18H24O2/c1-18-9-8-14-13-5-3-12(19)10-11(13)2-4-15(14)16(18)6-7-17(18)20/h3,5,10,14-17,19-20H,2,4,6-9H2,1H3/t14?,15-,16?,17+,18+/m1/s1. The van der Waals surface area contributed by atoms with Crippen molar-refractivity contribution in [2.45, 2.75) is 57.5 Å². The maximum atomic E-state index is 10.4. The average molecular weight is 272 g/mol. The largest absolute Gasteiger partial charge is 0.508 e. The van der Waals surface area contributed by atoms with Crippen LogP contribution in [0.3, 0.4) is 0 Å². The number of phenolic OH excluding ortho intramolecular Hbond substituents is 1. The first-order valence-electron chi connectivity index (χ1n) is 8.09. The van der Waals surface area contributed by atoms with Gasteiger partial charge in [0.05, 0.1) is 6.10 Å². The fourth-order valence-corrected chi connectivity index (χ4v) is 5.54. The Bertz CT molecular complexity index is 538. The van der Waals surface area contributed by atoms with E-state index in [1.807, 2.05) is 12.1 Å². The molecule has 0 spiro atoms. The lowest BCUT2D eigenvalue weighted by atomic mass is 9.55. The number of fused-ring (bicyclic) bond motifs is 5. The van der Waals surface area contributed by atoms with Gasteiger partial charge in [-0.1, -0.05) is 13.0 Å². The molecule has 0 heterocycles. The van der Waals surface area contributed by atoms with Gasteiger partial charge in [-0.2, -0.15) is 0 Å². The molecule has 0 radical (unpaired) electrons. The molecule has 2 saturated carbocycles. The van der Waals surface area contributed by atoms with Crippen LogP contribution in [0, 0.1) is 17.3 Å². The summed E-state index contributed by atoms with van der Waals surface area (Å²) in [4.78, 5) is 0. The van der Waals surface area contributed by atoms with E-state index in [0.29, 0.717) is 17.6 Å². The van der Waals surface area contributed by atoms with Gasteiger partial charge < -0.3 is 10.2 Å². The van der Waals surface area contributed by atoms with E-state index in [-0.39, 0.29) is 11.5 Å². The summed E-state index contributed by atoms with van der Waals surface area (Å²) in [6, 6.07) is 5.96. The van der Waals surface area contributed by atoms with E-state index < -0.39 is 0 Å². The predicted octanol–water partition coefficient (Wildman–Crippen LogP) is 3.61. The smallest absolute Gasteiger partial charge is 0.115 e. The molecule has 2 fully saturated rings. The summed E-state index contributed by atoms with van der Waals surface area (Å²) < 4.78 is 0. The lowest BCUT2D eigenvalue weighted by Crippen LogP contribution is -2.43.